The molecule has 0 bridgehead atoms. The lowest BCUT2D eigenvalue weighted by Crippen LogP contribution is -2.50. The Morgan fingerprint density at radius 1 is 0.961 bits per heavy atom. The molecule has 5 heterocycles. The first-order valence-electron chi connectivity index (χ1n) is 18.6. The van der Waals surface area contributed by atoms with Gasteiger partial charge in [0.1, 0.15) is 5.69 Å². The van der Waals surface area contributed by atoms with Crippen molar-refractivity contribution in [3.8, 4) is 11.4 Å². The van der Waals surface area contributed by atoms with E-state index in [1.54, 1.807) is 7.11 Å². The van der Waals surface area contributed by atoms with Crippen LogP contribution in [-0.2, 0) is 27.2 Å². The van der Waals surface area contributed by atoms with Gasteiger partial charge in [0.15, 0.2) is 0 Å². The fraction of sp³-hybridized carbons (Fsp3) is 0.500. The second-order valence-corrected chi connectivity index (χ2v) is 15.6. The summed E-state index contributed by atoms with van der Waals surface area (Å²) < 4.78 is 5.49. The number of aromatic amines is 2. The third-order valence-electron chi connectivity index (χ3n) is 11.8. The maximum absolute atomic E-state index is 13.6. The number of hydrogen-bond donors (Lipinski definition) is 3. The van der Waals surface area contributed by atoms with Crippen LogP contribution in [0, 0.1) is 11.3 Å². The van der Waals surface area contributed by atoms with Crippen molar-refractivity contribution in [2.75, 3.05) is 64.4 Å². The van der Waals surface area contributed by atoms with Gasteiger partial charge in [-0.3, -0.25) is 29.7 Å². The quantitative estimate of drug-likeness (QED) is 0.225. The Hall–Kier alpha value is -4.48. The summed E-state index contributed by atoms with van der Waals surface area (Å²) in [5.41, 5.74) is 8.44. The zero-order valence-electron chi connectivity index (χ0n) is 29.8. The van der Waals surface area contributed by atoms with Crippen LogP contribution in [0.4, 0.5) is 5.69 Å². The Bertz CT molecular complexity index is 1920. The van der Waals surface area contributed by atoms with E-state index in [2.05, 4.69) is 50.3 Å². The molecule has 3 fully saturated rings. The molecule has 4 aromatic rings. The number of nitrogens with one attached hydrogen (secondary N) is 3. The third-order valence-corrected chi connectivity index (χ3v) is 11.8. The molecule has 3 N–H and O–H groups in total. The SMILES string of the molecule is COCC1(C)CCc2c(-c3cc4ccc(C(=O)N5CCN(CC6CCN(c7ccc(C8CCC(=O)NC8=O)cc7)CC6)CC5)cc4[nH]3)n[nH]c2C1. The fourth-order valence-electron chi connectivity index (χ4n) is 8.82. The molecule has 1 aliphatic carbocycles. The van der Waals surface area contributed by atoms with Crippen LogP contribution in [0.2, 0.25) is 0 Å². The number of ether oxygens (including phenoxy) is 1. The molecule has 8 rings (SSSR count). The number of benzene rings is 2. The second kappa shape index (κ2) is 13.9. The van der Waals surface area contributed by atoms with Crippen LogP contribution in [0.15, 0.2) is 48.5 Å². The average molecular weight is 692 g/mol. The van der Waals surface area contributed by atoms with Crippen molar-refractivity contribution < 1.29 is 19.1 Å². The molecular formula is C40H49N7O4. The standard InChI is InChI=1S/C40H49N7O4/c1-40(25-51-2)14-11-32-35(23-40)43-44-37(32)34-21-28-3-4-29(22-33(28)41-34)39(50)47-19-17-45(18-20-47)24-26-12-15-46(16-13-26)30-7-5-27(6-8-30)31-9-10-36(48)42-38(31)49/h3-8,21-22,26,31,41H,9-20,23-25H2,1-2H3,(H,43,44)(H,42,48,49). The molecule has 2 aromatic carbocycles. The molecule has 268 valence electrons. The molecule has 2 atom stereocenters. The summed E-state index contributed by atoms with van der Waals surface area (Å²) in [6, 6.07) is 16.5. The molecule has 3 aliphatic heterocycles. The molecule has 2 aromatic heterocycles. The highest BCUT2D eigenvalue weighted by Crippen LogP contribution is 2.39. The number of imide groups is 1. The highest BCUT2D eigenvalue weighted by Gasteiger charge is 2.34. The third kappa shape index (κ3) is 6.93. The minimum Gasteiger partial charge on any atom is -0.384 e. The van der Waals surface area contributed by atoms with Crippen molar-refractivity contribution in [1.82, 2.24) is 30.3 Å². The molecular weight excluding hydrogens is 642 g/mol. The normalized spacial score (nSPS) is 23.5. The molecule has 0 radical (unpaired) electrons. The van der Waals surface area contributed by atoms with Crippen LogP contribution >= 0.6 is 0 Å². The van der Waals surface area contributed by atoms with Gasteiger partial charge in [-0.1, -0.05) is 25.1 Å². The lowest BCUT2D eigenvalue weighted by Gasteiger charge is -2.39. The van der Waals surface area contributed by atoms with E-state index in [1.807, 2.05) is 35.2 Å². The zero-order valence-corrected chi connectivity index (χ0v) is 29.8. The summed E-state index contributed by atoms with van der Waals surface area (Å²) in [6.45, 7) is 9.41. The number of carbonyl (C=O) groups excluding carboxylic acids is 3. The van der Waals surface area contributed by atoms with E-state index < -0.39 is 0 Å². The van der Waals surface area contributed by atoms with E-state index in [0.717, 1.165) is 118 Å². The van der Waals surface area contributed by atoms with Crippen molar-refractivity contribution in [3.63, 3.8) is 0 Å². The van der Waals surface area contributed by atoms with Gasteiger partial charge in [-0.2, -0.15) is 5.10 Å². The van der Waals surface area contributed by atoms with Gasteiger partial charge in [-0.25, -0.2) is 0 Å². The Morgan fingerprint density at radius 3 is 2.49 bits per heavy atom. The number of aromatic nitrogens is 3. The van der Waals surface area contributed by atoms with Gasteiger partial charge in [-0.05, 0) is 85.8 Å². The van der Waals surface area contributed by atoms with Crippen LogP contribution in [0.1, 0.15) is 72.1 Å². The van der Waals surface area contributed by atoms with Crippen LogP contribution < -0.4 is 10.2 Å². The zero-order chi connectivity index (χ0) is 35.1. The van der Waals surface area contributed by atoms with Crippen molar-refractivity contribution in [2.45, 2.75) is 57.8 Å². The highest BCUT2D eigenvalue weighted by molar-refractivity contribution is 6.01. The Labute approximate surface area is 299 Å². The van der Waals surface area contributed by atoms with Gasteiger partial charge in [0.25, 0.3) is 5.91 Å². The lowest BCUT2D eigenvalue weighted by atomic mass is 9.75. The maximum atomic E-state index is 13.6. The van der Waals surface area contributed by atoms with Crippen LogP contribution in [0.25, 0.3) is 22.3 Å². The van der Waals surface area contributed by atoms with E-state index in [1.165, 1.54) is 16.9 Å². The predicted octanol–water partition coefficient (Wildman–Crippen LogP) is 4.89. The molecule has 11 nitrogen and oxygen atoms in total. The summed E-state index contributed by atoms with van der Waals surface area (Å²) in [5, 5.41) is 11.6. The first-order valence-corrected chi connectivity index (χ1v) is 18.6. The molecule has 0 saturated carbocycles. The van der Waals surface area contributed by atoms with Gasteiger partial charge < -0.3 is 19.5 Å². The van der Waals surface area contributed by atoms with Crippen molar-refractivity contribution >= 4 is 34.3 Å². The van der Waals surface area contributed by atoms with E-state index >= 15 is 0 Å². The number of piperazine rings is 1. The van der Waals surface area contributed by atoms with Gasteiger partial charge >= 0.3 is 0 Å². The number of anilines is 1. The number of methoxy groups -OCH3 is 1. The Balaban J connectivity index is 0.819. The molecule has 3 amide bonds. The molecule has 4 aliphatic rings. The van der Waals surface area contributed by atoms with Crippen LogP contribution in [-0.4, -0.2) is 102 Å². The van der Waals surface area contributed by atoms with E-state index in [0.29, 0.717) is 18.8 Å². The summed E-state index contributed by atoms with van der Waals surface area (Å²) >= 11 is 0. The second-order valence-electron chi connectivity index (χ2n) is 15.6. The van der Waals surface area contributed by atoms with Gasteiger partial charge in [0.2, 0.25) is 11.8 Å². The smallest absolute Gasteiger partial charge is 0.254 e. The minimum absolute atomic E-state index is 0.0965. The van der Waals surface area contributed by atoms with E-state index in [4.69, 9.17) is 9.84 Å². The van der Waals surface area contributed by atoms with Crippen LogP contribution in [0.3, 0.4) is 0 Å². The number of carbonyl (C=O) groups is 3. The predicted molar refractivity (Wildman–Crippen MR) is 197 cm³/mol. The monoisotopic (exact) mass is 691 g/mol. The molecule has 3 saturated heterocycles. The lowest BCUT2D eigenvalue weighted by molar-refractivity contribution is -0.134. The number of amides is 3. The topological polar surface area (TPSA) is 127 Å². The highest BCUT2D eigenvalue weighted by atomic mass is 16.5. The summed E-state index contributed by atoms with van der Waals surface area (Å²) in [6.07, 6.45) is 6.22. The fourth-order valence-corrected chi connectivity index (χ4v) is 8.82. The van der Waals surface area contributed by atoms with Crippen LogP contribution in [0.5, 0.6) is 0 Å². The first-order chi connectivity index (χ1) is 24.7. The minimum atomic E-state index is -0.243. The number of piperidine rings is 2. The van der Waals surface area contributed by atoms with Gasteiger partial charge in [-0.15, -0.1) is 0 Å². The average Bonchev–Trinajstić information content (AvgIpc) is 3.75. The van der Waals surface area contributed by atoms with Gasteiger partial charge in [0.05, 0.1) is 18.2 Å². The van der Waals surface area contributed by atoms with Crippen molar-refractivity contribution in [3.05, 3.63) is 70.9 Å². The number of hydrogen-bond acceptors (Lipinski definition) is 7. The summed E-state index contributed by atoms with van der Waals surface area (Å²) in [5.74, 6) is 0.132. The summed E-state index contributed by atoms with van der Waals surface area (Å²) in [4.78, 5) is 47.9. The maximum Gasteiger partial charge on any atom is 0.254 e. The van der Waals surface area contributed by atoms with E-state index in [-0.39, 0.29) is 29.1 Å². The number of nitrogens with zero attached hydrogens (tertiary/aromatic N) is 4. The molecule has 2 unspecified atom stereocenters. The number of rotatable bonds is 8. The molecule has 51 heavy (non-hydrogen) atoms. The van der Waals surface area contributed by atoms with Crippen molar-refractivity contribution in [2.24, 2.45) is 11.3 Å². The van der Waals surface area contributed by atoms with E-state index in [9.17, 15) is 14.4 Å². The number of fused-ring (bicyclic) bond motifs is 2. The molecule has 11 heteroatoms. The largest absolute Gasteiger partial charge is 0.384 e. The Morgan fingerprint density at radius 2 is 1.75 bits per heavy atom. The number of H-pyrrole nitrogens is 2. The Kier molecular flexibility index (Phi) is 9.18. The summed E-state index contributed by atoms with van der Waals surface area (Å²) in [7, 11) is 1.77. The van der Waals surface area contributed by atoms with Gasteiger partial charge in [0, 0.05) is 92.8 Å². The molecule has 0 spiro atoms. The van der Waals surface area contributed by atoms with Crippen molar-refractivity contribution in [1.29, 1.82) is 0 Å². The first kappa shape index (κ1) is 33.7.